The van der Waals surface area contributed by atoms with Gasteiger partial charge in [-0.25, -0.2) is 9.59 Å². The third-order valence-corrected chi connectivity index (χ3v) is 7.21. The summed E-state index contributed by atoms with van der Waals surface area (Å²) in [4.78, 5) is 25.1. The van der Waals surface area contributed by atoms with Crippen LogP contribution >= 0.6 is 0 Å². The number of benzene rings is 1. The molecule has 1 fully saturated rings. The van der Waals surface area contributed by atoms with Crippen molar-refractivity contribution >= 4 is 11.9 Å². The highest BCUT2D eigenvalue weighted by Gasteiger charge is 2.69. The van der Waals surface area contributed by atoms with Crippen LogP contribution in [0.4, 0.5) is 0 Å². The molecule has 1 saturated heterocycles. The lowest BCUT2D eigenvalue weighted by Gasteiger charge is -2.58. The van der Waals surface area contributed by atoms with Crippen molar-refractivity contribution in [3.8, 4) is 11.5 Å². The summed E-state index contributed by atoms with van der Waals surface area (Å²) in [7, 11) is 3.55. The van der Waals surface area contributed by atoms with Crippen molar-refractivity contribution in [2.24, 2.45) is 0 Å². The molecular weight excluding hydrogens is 418 g/mol. The molecule has 3 aliphatic rings. The van der Waals surface area contributed by atoms with E-state index in [1.807, 2.05) is 33.0 Å². The molecule has 0 saturated carbocycles. The molecule has 0 bridgehead atoms. The number of piperidine rings is 1. The van der Waals surface area contributed by atoms with Crippen molar-refractivity contribution in [2.45, 2.75) is 49.9 Å². The van der Waals surface area contributed by atoms with E-state index in [0.29, 0.717) is 23.7 Å². The summed E-state index contributed by atoms with van der Waals surface area (Å²) in [5.74, 6) is -0.482. The first kappa shape index (κ1) is 22.6. The Morgan fingerprint density at radius 1 is 1.31 bits per heavy atom. The molecule has 1 aliphatic carbocycles. The quantitative estimate of drug-likeness (QED) is 0.624. The number of carbonyl (C=O) groups is 2. The monoisotopic (exact) mass is 447 g/mol. The predicted molar refractivity (Wildman–Crippen MR) is 113 cm³/mol. The molecule has 32 heavy (non-hydrogen) atoms. The van der Waals surface area contributed by atoms with Gasteiger partial charge in [-0.1, -0.05) is 6.07 Å². The van der Waals surface area contributed by atoms with Crippen molar-refractivity contribution < 1.29 is 38.7 Å². The van der Waals surface area contributed by atoms with Gasteiger partial charge in [0.25, 0.3) is 0 Å². The largest absolute Gasteiger partial charge is 0.493 e. The fourth-order valence-corrected chi connectivity index (χ4v) is 5.54. The highest BCUT2D eigenvalue weighted by atomic mass is 16.6. The average molecular weight is 447 g/mol. The van der Waals surface area contributed by atoms with Crippen LogP contribution in [-0.4, -0.2) is 78.7 Å². The van der Waals surface area contributed by atoms with Crippen LogP contribution in [0.1, 0.15) is 30.9 Å². The van der Waals surface area contributed by atoms with Gasteiger partial charge in [-0.05, 0) is 51.6 Å². The van der Waals surface area contributed by atoms with Crippen molar-refractivity contribution in [3.05, 3.63) is 35.1 Å². The van der Waals surface area contributed by atoms with Gasteiger partial charge in [0.05, 0.1) is 18.1 Å². The third-order valence-electron chi connectivity index (χ3n) is 7.21. The number of ether oxygens (including phenoxy) is 4. The van der Waals surface area contributed by atoms with Crippen molar-refractivity contribution in [1.29, 1.82) is 0 Å². The lowest BCUT2D eigenvalue weighted by atomic mass is 9.54. The number of aryl methyl sites for hydroxylation is 1. The second kappa shape index (κ2) is 8.06. The number of methoxy groups -OCH3 is 1. The topological polar surface area (TPSA) is 115 Å². The fourth-order valence-electron chi connectivity index (χ4n) is 5.54. The number of carboxylic acid groups (broad SMARTS) is 1. The highest BCUT2D eigenvalue weighted by molar-refractivity contribution is 5.74. The first-order valence-electron chi connectivity index (χ1n) is 10.6. The molecule has 1 aromatic carbocycles. The molecular formula is C23H29NO8. The maximum atomic E-state index is 12.4. The number of fused-ring (bicyclic) bond motifs is 1. The van der Waals surface area contributed by atoms with E-state index in [1.165, 1.54) is 0 Å². The van der Waals surface area contributed by atoms with E-state index in [0.717, 1.165) is 17.7 Å². The van der Waals surface area contributed by atoms with E-state index in [1.54, 1.807) is 13.2 Å². The lowest BCUT2D eigenvalue weighted by molar-refractivity contribution is -0.164. The van der Waals surface area contributed by atoms with Crippen LogP contribution in [0.15, 0.2) is 24.0 Å². The summed E-state index contributed by atoms with van der Waals surface area (Å²) in [5, 5.41) is 20.8. The Labute approximate surface area is 186 Å². The Morgan fingerprint density at radius 3 is 2.75 bits per heavy atom. The number of rotatable bonds is 6. The molecule has 9 heteroatoms. The second-order valence-electron chi connectivity index (χ2n) is 8.76. The molecule has 2 N–H and O–H groups in total. The molecule has 1 spiro atoms. The lowest BCUT2D eigenvalue weighted by Crippen LogP contribution is -2.71. The van der Waals surface area contributed by atoms with E-state index in [-0.39, 0.29) is 12.5 Å². The van der Waals surface area contributed by atoms with Gasteiger partial charge < -0.3 is 34.1 Å². The summed E-state index contributed by atoms with van der Waals surface area (Å²) < 4.78 is 22.4. The maximum absolute atomic E-state index is 12.4. The maximum Gasteiger partial charge on any atom is 0.337 e. The van der Waals surface area contributed by atoms with Crippen LogP contribution in [-0.2, 0) is 24.5 Å². The summed E-state index contributed by atoms with van der Waals surface area (Å²) in [6, 6.07) is 3.60. The molecule has 0 unspecified atom stereocenters. The van der Waals surface area contributed by atoms with Crippen LogP contribution in [0.5, 0.6) is 11.5 Å². The van der Waals surface area contributed by atoms with Crippen LogP contribution in [0.2, 0.25) is 0 Å². The molecule has 2 aliphatic heterocycles. The van der Waals surface area contributed by atoms with E-state index in [9.17, 15) is 14.7 Å². The van der Waals surface area contributed by atoms with Crippen molar-refractivity contribution in [1.82, 2.24) is 4.90 Å². The minimum Gasteiger partial charge on any atom is -0.493 e. The Bertz CT molecular complexity index is 975. The molecule has 174 valence electrons. The molecule has 9 nitrogen and oxygen atoms in total. The van der Waals surface area contributed by atoms with E-state index < -0.39 is 42.3 Å². The first-order valence-corrected chi connectivity index (χ1v) is 10.6. The SMILES string of the molecule is COc1ccc(C)c2c1O[C@H]1C(OC(=O)COCC(=O)O)=CC[C@@]3(O)[C@@H](C)N(C)CC[C@]213. The number of aliphatic carboxylic acids is 1. The van der Waals surface area contributed by atoms with E-state index in [2.05, 4.69) is 4.90 Å². The number of hydrogen-bond acceptors (Lipinski definition) is 8. The minimum atomic E-state index is -1.17. The molecule has 0 radical (unpaired) electrons. The zero-order chi connectivity index (χ0) is 23.3. The summed E-state index contributed by atoms with van der Waals surface area (Å²) >= 11 is 0. The van der Waals surface area contributed by atoms with Crippen LogP contribution in [0.3, 0.4) is 0 Å². The van der Waals surface area contributed by atoms with Crippen LogP contribution < -0.4 is 9.47 Å². The first-order chi connectivity index (χ1) is 15.2. The molecule has 0 aromatic heterocycles. The number of carboxylic acids is 1. The van der Waals surface area contributed by atoms with E-state index in [4.69, 9.17) is 24.1 Å². The van der Waals surface area contributed by atoms with Crippen LogP contribution in [0.25, 0.3) is 0 Å². The van der Waals surface area contributed by atoms with Gasteiger partial charge >= 0.3 is 11.9 Å². The zero-order valence-corrected chi connectivity index (χ0v) is 18.7. The van der Waals surface area contributed by atoms with Gasteiger partial charge in [0.1, 0.15) is 19.0 Å². The van der Waals surface area contributed by atoms with Gasteiger partial charge in [0.15, 0.2) is 17.6 Å². The van der Waals surface area contributed by atoms with E-state index >= 15 is 0 Å². The summed E-state index contributed by atoms with van der Waals surface area (Å²) in [5.41, 5.74) is -0.147. The summed E-state index contributed by atoms with van der Waals surface area (Å²) in [6.45, 7) is 3.61. The van der Waals surface area contributed by atoms with Gasteiger partial charge in [-0.3, -0.25) is 0 Å². The smallest absolute Gasteiger partial charge is 0.337 e. The minimum absolute atomic E-state index is 0.175. The predicted octanol–water partition coefficient (Wildman–Crippen LogP) is 1.39. The van der Waals surface area contributed by atoms with Crippen LogP contribution in [0, 0.1) is 6.92 Å². The fraction of sp³-hybridized carbons (Fsp3) is 0.565. The van der Waals surface area contributed by atoms with Gasteiger partial charge in [0.2, 0.25) is 0 Å². The normalized spacial score (nSPS) is 31.0. The molecule has 1 aromatic rings. The second-order valence-corrected chi connectivity index (χ2v) is 8.76. The number of likely N-dealkylation sites (N-methyl/N-ethyl adjacent to an activating group) is 1. The number of likely N-dealkylation sites (tertiary alicyclic amines) is 1. The van der Waals surface area contributed by atoms with Gasteiger partial charge in [0, 0.05) is 18.0 Å². The molecule has 4 atom stereocenters. The van der Waals surface area contributed by atoms with Gasteiger partial charge in [-0.2, -0.15) is 0 Å². The molecule has 2 heterocycles. The summed E-state index contributed by atoms with van der Waals surface area (Å²) in [6.07, 6.45) is 1.83. The third kappa shape index (κ3) is 3.18. The van der Waals surface area contributed by atoms with Gasteiger partial charge in [-0.15, -0.1) is 0 Å². The molecule has 0 amide bonds. The Hall–Kier alpha value is -2.62. The Morgan fingerprint density at radius 2 is 2.06 bits per heavy atom. The van der Waals surface area contributed by atoms with Crippen molar-refractivity contribution in [2.75, 3.05) is 33.9 Å². The number of hydrogen-bond donors (Lipinski definition) is 2. The number of esters is 1. The zero-order valence-electron chi connectivity index (χ0n) is 18.7. The molecule has 4 rings (SSSR count). The van der Waals surface area contributed by atoms with Crippen molar-refractivity contribution in [3.63, 3.8) is 0 Å². The average Bonchev–Trinajstić information content (AvgIpc) is 3.11. The number of aliphatic hydroxyl groups is 1. The number of carbonyl (C=O) groups excluding carboxylic acids is 1. The Balaban J connectivity index is 1.76. The standard InChI is InChI=1S/C23H29NO8/c1-13-5-6-15(29-4)20-19(13)22-9-10-24(3)14(2)23(22,28)8-7-16(21(22)32-20)31-18(27)12-30-11-17(25)26/h5-7,14,21,28H,8-12H2,1-4H3,(H,25,26)/t14-,21+,22+,23-/m1/s1. The number of nitrogens with zero attached hydrogens (tertiary/aromatic N) is 1. The Kier molecular flexibility index (Phi) is 5.68. The highest BCUT2D eigenvalue weighted by Crippen LogP contribution is 2.62.